The third-order valence-corrected chi connectivity index (χ3v) is 5.81. The lowest BCUT2D eigenvalue weighted by molar-refractivity contribution is -0.115. The van der Waals surface area contributed by atoms with E-state index in [1.165, 1.54) is 24.0 Å². The number of amides is 1. The summed E-state index contributed by atoms with van der Waals surface area (Å²) in [6.07, 6.45) is -0.0235. The maximum atomic E-state index is 14.3. The maximum absolute atomic E-state index is 14.3. The zero-order valence-corrected chi connectivity index (χ0v) is 19.7. The molecule has 9 heteroatoms. The first-order valence-corrected chi connectivity index (χ1v) is 11.5. The van der Waals surface area contributed by atoms with Crippen molar-refractivity contribution in [3.8, 4) is 0 Å². The summed E-state index contributed by atoms with van der Waals surface area (Å²) in [5.41, 5.74) is 1.71. The molecule has 0 unspecified atom stereocenters. The fraction of sp³-hybridized carbons (Fsp3) is 0.240. The molecule has 4 rings (SSSR count). The number of esters is 1. The third-order valence-electron chi connectivity index (χ3n) is 4.93. The summed E-state index contributed by atoms with van der Waals surface area (Å²) < 4.78 is 31.2. The summed E-state index contributed by atoms with van der Waals surface area (Å²) in [6, 6.07) is 13.3. The van der Waals surface area contributed by atoms with Crippen LogP contribution in [0.25, 0.3) is 11.0 Å². The highest BCUT2D eigenvalue weighted by molar-refractivity contribution is 7.14. The lowest BCUT2D eigenvalue weighted by atomic mass is 10.1. The Morgan fingerprint density at radius 2 is 1.85 bits per heavy atom. The fourth-order valence-corrected chi connectivity index (χ4v) is 4.23. The Morgan fingerprint density at radius 1 is 1.12 bits per heavy atom. The second kappa shape index (κ2) is 10.1. The van der Waals surface area contributed by atoms with E-state index < -0.39 is 11.8 Å². The van der Waals surface area contributed by atoms with Gasteiger partial charge < -0.3 is 13.9 Å². The van der Waals surface area contributed by atoms with E-state index in [-0.39, 0.29) is 41.8 Å². The topological polar surface area (TPSA) is 81.9 Å². The lowest BCUT2D eigenvalue weighted by Crippen LogP contribution is -2.23. The molecule has 176 valence electrons. The second-order valence-corrected chi connectivity index (χ2v) is 8.61. The SMILES string of the molecule is CC(=O)N(c1nc(COC(=O)c2oc3ccccc3c2COC(C)C)cs1)c1ccccc1F. The molecule has 0 spiro atoms. The minimum atomic E-state index is -0.648. The van der Waals surface area contributed by atoms with Crippen molar-refractivity contribution in [1.82, 2.24) is 4.98 Å². The van der Waals surface area contributed by atoms with Crippen LogP contribution in [0.1, 0.15) is 42.6 Å². The van der Waals surface area contributed by atoms with Crippen LogP contribution in [0.2, 0.25) is 0 Å². The van der Waals surface area contributed by atoms with Gasteiger partial charge in [-0.1, -0.05) is 30.3 Å². The average Bonchev–Trinajstić information content (AvgIpc) is 3.42. The molecule has 1 amide bonds. The number of fused-ring (bicyclic) bond motifs is 1. The number of rotatable bonds is 8. The Hall–Kier alpha value is -3.56. The van der Waals surface area contributed by atoms with E-state index in [4.69, 9.17) is 13.9 Å². The molecule has 0 aliphatic carbocycles. The van der Waals surface area contributed by atoms with Crippen LogP contribution in [0.3, 0.4) is 0 Å². The number of nitrogens with zero attached hydrogens (tertiary/aromatic N) is 2. The number of furan rings is 1. The number of anilines is 2. The van der Waals surface area contributed by atoms with Gasteiger partial charge in [0.2, 0.25) is 11.7 Å². The molecule has 0 fully saturated rings. The number of halogens is 1. The van der Waals surface area contributed by atoms with Gasteiger partial charge in [-0.15, -0.1) is 11.3 Å². The maximum Gasteiger partial charge on any atom is 0.375 e. The minimum absolute atomic E-state index is 0.0235. The molecule has 2 aromatic heterocycles. The van der Waals surface area contributed by atoms with Crippen molar-refractivity contribution < 1.29 is 27.9 Å². The molecule has 2 heterocycles. The van der Waals surface area contributed by atoms with E-state index in [0.717, 1.165) is 16.7 Å². The summed E-state index contributed by atoms with van der Waals surface area (Å²) in [5, 5.41) is 2.72. The third kappa shape index (κ3) is 5.00. The van der Waals surface area contributed by atoms with Crippen LogP contribution < -0.4 is 4.90 Å². The van der Waals surface area contributed by atoms with Crippen LogP contribution in [0.4, 0.5) is 15.2 Å². The second-order valence-electron chi connectivity index (χ2n) is 7.77. The number of carbonyl (C=O) groups is 2. The number of carbonyl (C=O) groups excluding carboxylic acids is 2. The highest BCUT2D eigenvalue weighted by Crippen LogP contribution is 2.31. The molecule has 4 aromatic rings. The van der Waals surface area contributed by atoms with Gasteiger partial charge in [-0.05, 0) is 32.0 Å². The number of hydrogen-bond donors (Lipinski definition) is 0. The summed E-state index contributed by atoms with van der Waals surface area (Å²) in [7, 11) is 0. The Morgan fingerprint density at radius 3 is 2.59 bits per heavy atom. The highest BCUT2D eigenvalue weighted by Gasteiger charge is 2.24. The average molecular weight is 483 g/mol. The largest absolute Gasteiger partial charge is 0.453 e. The van der Waals surface area contributed by atoms with Gasteiger partial charge in [0.05, 0.1) is 24.1 Å². The van der Waals surface area contributed by atoms with Crippen LogP contribution in [0.15, 0.2) is 58.3 Å². The molecule has 0 N–H and O–H groups in total. The number of aromatic nitrogens is 1. The van der Waals surface area contributed by atoms with Gasteiger partial charge in [-0.3, -0.25) is 9.69 Å². The van der Waals surface area contributed by atoms with Crippen LogP contribution in [-0.4, -0.2) is 23.0 Å². The Balaban J connectivity index is 1.52. The molecule has 7 nitrogen and oxygen atoms in total. The Bertz CT molecular complexity index is 1330. The van der Waals surface area contributed by atoms with Gasteiger partial charge in [0, 0.05) is 23.3 Å². The van der Waals surface area contributed by atoms with Gasteiger partial charge in [-0.2, -0.15) is 0 Å². The van der Waals surface area contributed by atoms with Crippen LogP contribution in [-0.2, 0) is 27.5 Å². The van der Waals surface area contributed by atoms with E-state index in [2.05, 4.69) is 4.98 Å². The first-order valence-electron chi connectivity index (χ1n) is 10.6. The summed E-state index contributed by atoms with van der Waals surface area (Å²) in [6.45, 7) is 5.21. The van der Waals surface area contributed by atoms with Crippen molar-refractivity contribution in [2.45, 2.75) is 40.1 Å². The molecular formula is C25H23FN2O5S. The van der Waals surface area contributed by atoms with Crippen LogP contribution in [0, 0.1) is 5.82 Å². The number of thiazole rings is 1. The Kier molecular flexibility index (Phi) is 7.04. The molecular weight excluding hydrogens is 459 g/mol. The van der Waals surface area contributed by atoms with Crippen molar-refractivity contribution >= 4 is 45.0 Å². The molecule has 0 aliphatic rings. The lowest BCUT2D eigenvalue weighted by Gasteiger charge is -2.18. The molecule has 0 atom stereocenters. The van der Waals surface area contributed by atoms with Crippen molar-refractivity contribution in [1.29, 1.82) is 0 Å². The zero-order valence-electron chi connectivity index (χ0n) is 18.9. The quantitative estimate of drug-likeness (QED) is 0.287. The standard InChI is InChI=1S/C25H23FN2O5S/c1-15(2)31-13-19-18-8-4-7-11-22(18)33-23(19)24(30)32-12-17-14-34-25(27-17)28(16(3)29)21-10-6-5-9-20(21)26/h4-11,14-15H,12-13H2,1-3H3. The van der Waals surface area contributed by atoms with Gasteiger partial charge in [0.15, 0.2) is 5.13 Å². The summed E-state index contributed by atoms with van der Waals surface area (Å²) in [5.74, 6) is -1.50. The van der Waals surface area contributed by atoms with Gasteiger partial charge in [0.1, 0.15) is 18.0 Å². The van der Waals surface area contributed by atoms with E-state index >= 15 is 0 Å². The predicted molar refractivity (Wildman–Crippen MR) is 127 cm³/mol. The smallest absolute Gasteiger partial charge is 0.375 e. The molecule has 2 aromatic carbocycles. The molecule has 0 radical (unpaired) electrons. The molecule has 0 aliphatic heterocycles. The summed E-state index contributed by atoms with van der Waals surface area (Å²) in [4.78, 5) is 30.6. The zero-order chi connectivity index (χ0) is 24.2. The van der Waals surface area contributed by atoms with Gasteiger partial charge >= 0.3 is 5.97 Å². The van der Waals surface area contributed by atoms with Crippen LogP contribution >= 0.6 is 11.3 Å². The van der Waals surface area contributed by atoms with Crippen molar-refractivity contribution in [2.75, 3.05) is 4.90 Å². The monoisotopic (exact) mass is 482 g/mol. The number of hydrogen-bond acceptors (Lipinski definition) is 7. The molecule has 34 heavy (non-hydrogen) atoms. The normalized spacial score (nSPS) is 11.2. The van der Waals surface area contributed by atoms with Gasteiger partial charge in [-0.25, -0.2) is 14.2 Å². The highest BCUT2D eigenvalue weighted by atomic mass is 32.1. The summed E-state index contributed by atoms with van der Waals surface area (Å²) >= 11 is 1.15. The predicted octanol–water partition coefficient (Wildman–Crippen LogP) is 6.00. The number of para-hydroxylation sites is 2. The fourth-order valence-electron chi connectivity index (χ4n) is 3.37. The van der Waals surface area contributed by atoms with Crippen molar-refractivity contribution in [2.24, 2.45) is 0 Å². The van der Waals surface area contributed by atoms with Gasteiger partial charge in [0.25, 0.3) is 0 Å². The van der Waals surface area contributed by atoms with E-state index in [1.54, 1.807) is 23.6 Å². The van der Waals surface area contributed by atoms with E-state index in [1.807, 2.05) is 32.0 Å². The Labute approximate surface area is 199 Å². The minimum Gasteiger partial charge on any atom is -0.453 e. The van der Waals surface area contributed by atoms with Crippen molar-refractivity contribution in [3.05, 3.63) is 76.7 Å². The number of benzene rings is 2. The van der Waals surface area contributed by atoms with Crippen molar-refractivity contribution in [3.63, 3.8) is 0 Å². The molecule has 0 bridgehead atoms. The first-order chi connectivity index (χ1) is 16.3. The van der Waals surface area contributed by atoms with E-state index in [9.17, 15) is 14.0 Å². The number of ether oxygens (including phenoxy) is 2. The van der Waals surface area contributed by atoms with Crippen LogP contribution in [0.5, 0.6) is 0 Å². The first kappa shape index (κ1) is 23.6. The van der Waals surface area contributed by atoms with E-state index in [0.29, 0.717) is 16.8 Å². The molecule has 0 saturated carbocycles. The molecule has 0 saturated heterocycles.